The Hall–Kier alpha value is -0.550. The Morgan fingerprint density at radius 3 is 1.32 bits per heavy atom. The summed E-state index contributed by atoms with van der Waals surface area (Å²) in [6.45, 7) is 4.92. The van der Waals surface area contributed by atoms with Crippen LogP contribution in [0.25, 0.3) is 0 Å². The van der Waals surface area contributed by atoms with Gasteiger partial charge in [0.2, 0.25) is 0 Å². The Morgan fingerprint density at radius 1 is 0.560 bits per heavy atom. The van der Waals surface area contributed by atoms with Gasteiger partial charge < -0.3 is 4.48 Å². The maximum atomic E-state index is 8.54. The first kappa shape index (κ1) is 24.5. The van der Waals surface area contributed by atoms with Gasteiger partial charge in [0.1, 0.15) is 0 Å². The molecule has 2 nitrogen and oxygen atoms in total. The zero-order valence-electron chi connectivity index (χ0n) is 17.8. The van der Waals surface area contributed by atoms with Crippen molar-refractivity contribution < 1.29 is 4.48 Å². The molecule has 0 bridgehead atoms. The van der Waals surface area contributed by atoms with Crippen molar-refractivity contribution in [3.05, 3.63) is 0 Å². The molecular formula is C23H47N2+. The summed E-state index contributed by atoms with van der Waals surface area (Å²) in [7, 11) is 4.77. The van der Waals surface area contributed by atoms with Crippen LogP contribution in [0.2, 0.25) is 0 Å². The van der Waals surface area contributed by atoms with Gasteiger partial charge in [0.15, 0.2) is 0 Å². The second-order valence-corrected chi connectivity index (χ2v) is 8.59. The molecule has 2 heteroatoms. The van der Waals surface area contributed by atoms with E-state index in [0.717, 1.165) is 12.8 Å². The number of quaternary nitrogens is 1. The zero-order valence-corrected chi connectivity index (χ0v) is 17.8. The highest BCUT2D eigenvalue weighted by molar-refractivity contribution is 4.67. The third-order valence-corrected chi connectivity index (χ3v) is 5.42. The predicted octanol–water partition coefficient (Wildman–Crippen LogP) is 7.24. The van der Waals surface area contributed by atoms with Crippen LogP contribution in [0.1, 0.15) is 116 Å². The van der Waals surface area contributed by atoms with E-state index in [-0.39, 0.29) is 0 Å². The van der Waals surface area contributed by atoms with Crippen molar-refractivity contribution in [1.82, 2.24) is 0 Å². The van der Waals surface area contributed by atoms with Gasteiger partial charge >= 0.3 is 0 Å². The fraction of sp³-hybridized carbons (Fsp3) is 0.957. The molecule has 0 aromatic rings. The van der Waals surface area contributed by atoms with Crippen molar-refractivity contribution in [2.45, 2.75) is 116 Å². The molecule has 0 N–H and O–H groups in total. The van der Waals surface area contributed by atoms with Gasteiger partial charge in [-0.1, -0.05) is 77.6 Å². The van der Waals surface area contributed by atoms with Crippen molar-refractivity contribution in [3.8, 4) is 6.07 Å². The molecule has 0 aliphatic heterocycles. The number of rotatable bonds is 19. The predicted molar refractivity (Wildman–Crippen MR) is 112 cm³/mol. The van der Waals surface area contributed by atoms with Crippen LogP contribution in [0.5, 0.6) is 0 Å². The third kappa shape index (κ3) is 19.6. The van der Waals surface area contributed by atoms with Crippen LogP contribution < -0.4 is 0 Å². The fourth-order valence-corrected chi connectivity index (χ4v) is 3.59. The summed E-state index contributed by atoms with van der Waals surface area (Å²) in [5, 5.41) is 8.54. The molecule has 25 heavy (non-hydrogen) atoms. The summed E-state index contributed by atoms with van der Waals surface area (Å²) in [5.41, 5.74) is 0. The van der Waals surface area contributed by atoms with E-state index in [1.807, 2.05) is 0 Å². The standard InChI is InChI=1S/C23H47N2/c1-4-5-6-7-8-9-10-11-12-13-16-19-22-25(2,3)23-20-17-14-15-18-21-24/h4-20,22-23H2,1-3H3/q+1. The lowest BCUT2D eigenvalue weighted by Gasteiger charge is -2.30. The quantitative estimate of drug-likeness (QED) is 0.178. The lowest BCUT2D eigenvalue weighted by Crippen LogP contribution is -2.41. The van der Waals surface area contributed by atoms with E-state index in [1.54, 1.807) is 0 Å². The van der Waals surface area contributed by atoms with Crippen LogP contribution in [0.15, 0.2) is 0 Å². The van der Waals surface area contributed by atoms with Crippen molar-refractivity contribution in [1.29, 1.82) is 5.26 Å². The Bertz CT molecular complexity index is 304. The summed E-state index contributed by atoms with van der Waals surface area (Å²) in [5.74, 6) is 0. The summed E-state index contributed by atoms with van der Waals surface area (Å²) in [4.78, 5) is 0. The normalized spacial score (nSPS) is 11.6. The highest BCUT2D eigenvalue weighted by Crippen LogP contribution is 2.13. The maximum Gasteiger partial charge on any atom is 0.0782 e. The van der Waals surface area contributed by atoms with E-state index in [9.17, 15) is 0 Å². The van der Waals surface area contributed by atoms with E-state index < -0.39 is 0 Å². The van der Waals surface area contributed by atoms with E-state index >= 15 is 0 Å². The summed E-state index contributed by atoms with van der Waals surface area (Å²) in [6, 6.07) is 2.24. The van der Waals surface area contributed by atoms with Crippen LogP contribution in [-0.2, 0) is 0 Å². The summed E-state index contributed by atoms with van der Waals surface area (Å²) >= 11 is 0. The number of hydrogen-bond acceptors (Lipinski definition) is 1. The summed E-state index contributed by atoms with van der Waals surface area (Å²) in [6.07, 6.45) is 22.9. The van der Waals surface area contributed by atoms with Gasteiger partial charge in [-0.25, -0.2) is 0 Å². The molecule has 0 aliphatic carbocycles. The molecule has 0 aromatic carbocycles. The van der Waals surface area contributed by atoms with Gasteiger partial charge in [0.05, 0.1) is 33.3 Å². The molecule has 148 valence electrons. The van der Waals surface area contributed by atoms with Gasteiger partial charge in [-0.3, -0.25) is 0 Å². The summed E-state index contributed by atoms with van der Waals surface area (Å²) < 4.78 is 1.18. The molecule has 0 amide bonds. The van der Waals surface area contributed by atoms with Crippen LogP contribution in [0.3, 0.4) is 0 Å². The lowest BCUT2D eigenvalue weighted by molar-refractivity contribution is -0.890. The van der Waals surface area contributed by atoms with E-state index in [0.29, 0.717) is 0 Å². The molecule has 0 spiro atoms. The molecule has 0 aromatic heterocycles. The minimum Gasteiger partial charge on any atom is -0.328 e. The van der Waals surface area contributed by atoms with Crippen LogP contribution in [-0.4, -0.2) is 31.7 Å². The van der Waals surface area contributed by atoms with Crippen LogP contribution in [0, 0.1) is 11.3 Å². The second-order valence-electron chi connectivity index (χ2n) is 8.59. The van der Waals surface area contributed by atoms with E-state index in [1.165, 1.54) is 114 Å². The van der Waals surface area contributed by atoms with E-state index in [4.69, 9.17) is 5.26 Å². The second kappa shape index (κ2) is 18.2. The van der Waals surface area contributed by atoms with Gasteiger partial charge in [0.25, 0.3) is 0 Å². The molecule has 0 atom stereocenters. The molecule has 0 fully saturated rings. The molecule has 0 rings (SSSR count). The van der Waals surface area contributed by atoms with Crippen molar-refractivity contribution in [2.24, 2.45) is 0 Å². The van der Waals surface area contributed by atoms with Crippen LogP contribution >= 0.6 is 0 Å². The topological polar surface area (TPSA) is 23.8 Å². The SMILES string of the molecule is CCCCCCCCCCCCCC[N+](C)(C)CCCCCCC#N. The molecule has 0 heterocycles. The first-order valence-electron chi connectivity index (χ1n) is 11.3. The molecule has 0 aliphatic rings. The van der Waals surface area contributed by atoms with Gasteiger partial charge in [-0.05, 0) is 32.1 Å². The Labute approximate surface area is 159 Å². The largest absolute Gasteiger partial charge is 0.328 e. The first-order valence-corrected chi connectivity index (χ1v) is 11.3. The number of unbranched alkanes of at least 4 members (excludes halogenated alkanes) is 15. The van der Waals surface area contributed by atoms with Crippen molar-refractivity contribution >= 4 is 0 Å². The average molecular weight is 352 g/mol. The number of hydrogen-bond donors (Lipinski definition) is 0. The Balaban J connectivity index is 3.30. The third-order valence-electron chi connectivity index (χ3n) is 5.42. The van der Waals surface area contributed by atoms with Crippen LogP contribution in [0.4, 0.5) is 0 Å². The molecular weight excluding hydrogens is 304 g/mol. The number of nitriles is 1. The minimum atomic E-state index is 0.733. The lowest BCUT2D eigenvalue weighted by atomic mass is 10.1. The zero-order chi connectivity index (χ0) is 18.6. The minimum absolute atomic E-state index is 0.733. The van der Waals surface area contributed by atoms with Gasteiger partial charge in [0, 0.05) is 6.42 Å². The smallest absolute Gasteiger partial charge is 0.0782 e. The van der Waals surface area contributed by atoms with Gasteiger partial charge in [-0.15, -0.1) is 0 Å². The fourth-order valence-electron chi connectivity index (χ4n) is 3.59. The average Bonchev–Trinajstić information content (AvgIpc) is 2.59. The Morgan fingerprint density at radius 2 is 0.920 bits per heavy atom. The van der Waals surface area contributed by atoms with Gasteiger partial charge in [-0.2, -0.15) is 5.26 Å². The van der Waals surface area contributed by atoms with E-state index in [2.05, 4.69) is 27.1 Å². The highest BCUT2D eigenvalue weighted by atomic mass is 15.3. The van der Waals surface area contributed by atoms with Crippen molar-refractivity contribution in [2.75, 3.05) is 27.2 Å². The highest BCUT2D eigenvalue weighted by Gasteiger charge is 2.13. The monoisotopic (exact) mass is 351 g/mol. The maximum absolute atomic E-state index is 8.54. The number of nitrogens with zero attached hydrogens (tertiary/aromatic N) is 2. The molecule has 0 radical (unpaired) electrons. The molecule has 0 saturated carbocycles. The first-order chi connectivity index (χ1) is 12.1. The Kier molecular flexibility index (Phi) is 17.8. The van der Waals surface area contributed by atoms with Crippen molar-refractivity contribution in [3.63, 3.8) is 0 Å². The molecule has 0 unspecified atom stereocenters. The molecule has 0 saturated heterocycles.